The van der Waals surface area contributed by atoms with Crippen molar-refractivity contribution in [2.75, 3.05) is 25.6 Å². The van der Waals surface area contributed by atoms with Crippen LogP contribution in [-0.2, 0) is 24.2 Å². The van der Waals surface area contributed by atoms with E-state index in [0.717, 1.165) is 32.8 Å². The number of carbonyl (C=O) groups excluding carboxylic acids is 1. The van der Waals surface area contributed by atoms with E-state index in [4.69, 9.17) is 23.4 Å². The van der Waals surface area contributed by atoms with Gasteiger partial charge in [-0.3, -0.25) is 9.88 Å². The van der Waals surface area contributed by atoms with Crippen LogP contribution in [0.15, 0.2) is 163 Å². The van der Waals surface area contributed by atoms with Crippen molar-refractivity contribution in [3.8, 4) is 5.75 Å². The first-order chi connectivity index (χ1) is 29.7. The summed E-state index contributed by atoms with van der Waals surface area (Å²) < 4.78 is 34.3. The first-order valence-electron chi connectivity index (χ1n) is 21.1. The van der Waals surface area contributed by atoms with E-state index in [1.165, 1.54) is 4.57 Å². The largest absolute Gasteiger partial charge is 0.497 e. The van der Waals surface area contributed by atoms with Crippen molar-refractivity contribution in [1.82, 2.24) is 9.55 Å². The summed E-state index contributed by atoms with van der Waals surface area (Å²) in [4.78, 5) is 30.5. The van der Waals surface area contributed by atoms with E-state index in [9.17, 15) is 9.59 Å². The van der Waals surface area contributed by atoms with Crippen molar-refractivity contribution in [1.29, 1.82) is 0 Å². The lowest BCUT2D eigenvalue weighted by Gasteiger charge is -2.44. The molecule has 1 aromatic heterocycles. The van der Waals surface area contributed by atoms with Gasteiger partial charge < -0.3 is 23.4 Å². The molecule has 5 aromatic carbocycles. The van der Waals surface area contributed by atoms with Gasteiger partial charge in [-0.25, -0.2) is 9.59 Å². The number of carbonyl (C=O) groups is 1. The van der Waals surface area contributed by atoms with Gasteiger partial charge in [-0.05, 0) is 71.1 Å². The number of anilines is 1. The monoisotopic (exact) mass is 851 g/mol. The van der Waals surface area contributed by atoms with Gasteiger partial charge >= 0.3 is 11.8 Å². The van der Waals surface area contributed by atoms with Crippen molar-refractivity contribution in [2.24, 2.45) is 5.92 Å². The number of nitrogens with zero attached hydrogens (tertiary/aromatic N) is 2. The summed E-state index contributed by atoms with van der Waals surface area (Å²) in [5, 5.41) is 4.61. The standard InChI is InChI=1S/C51H57N3O7Si/c1-49(2,3)61-48(56)53-45-32-33-54(47(55)52-45)46-34-37(44(60-46)36-59-62(50(4,5)6,42-24-16-10-17-25-42)43-26-18-11-19-27-43)35-58-51(38-20-12-8-13-21-38,39-22-14-9-15-23-39)40-28-30-41(57-7)31-29-40/h8-33,37,44,46H,34-36H2,1-7H3,(H,52,53,55,56)/t37-,44-,46-/m1/s1. The molecule has 0 saturated carbocycles. The molecule has 0 aliphatic carbocycles. The molecule has 11 heteroatoms. The Bertz CT molecular complexity index is 2360. The molecule has 322 valence electrons. The highest BCUT2D eigenvalue weighted by Gasteiger charge is 2.52. The quantitative estimate of drug-likeness (QED) is 0.0855. The van der Waals surface area contributed by atoms with Gasteiger partial charge in [-0.2, -0.15) is 4.98 Å². The maximum Gasteiger partial charge on any atom is 0.413 e. The lowest BCUT2D eigenvalue weighted by atomic mass is 9.80. The third-order valence-corrected chi connectivity index (χ3v) is 16.4. The predicted molar refractivity (Wildman–Crippen MR) is 246 cm³/mol. The van der Waals surface area contributed by atoms with Gasteiger partial charge in [0, 0.05) is 18.5 Å². The van der Waals surface area contributed by atoms with Gasteiger partial charge in [0.1, 0.15) is 29.0 Å². The highest BCUT2D eigenvalue weighted by atomic mass is 28.4. The molecule has 0 unspecified atom stereocenters. The molecule has 2 heterocycles. The Morgan fingerprint density at radius 1 is 0.726 bits per heavy atom. The number of rotatable bonds is 14. The van der Waals surface area contributed by atoms with Crippen molar-refractivity contribution in [3.63, 3.8) is 0 Å². The SMILES string of the molecule is COc1ccc(C(OC[C@H]2C[C@H](n3ccc(NC(=O)OC(C)(C)C)nc3=O)O[C@@H]2CO[Si](c2ccccc2)(c2ccccc2)C(C)(C)C)(c2ccccc2)c2ccccc2)cc1. The maximum atomic E-state index is 13.8. The van der Waals surface area contributed by atoms with Crippen LogP contribution in [0, 0.1) is 5.92 Å². The number of ether oxygens (including phenoxy) is 4. The second-order valence-electron chi connectivity index (χ2n) is 17.7. The number of nitrogens with one attached hydrogen (secondary N) is 1. The molecule has 7 rings (SSSR count). The normalized spacial score (nSPS) is 17.0. The Balaban J connectivity index is 1.28. The third kappa shape index (κ3) is 9.46. The van der Waals surface area contributed by atoms with Gasteiger partial charge in [-0.1, -0.05) is 154 Å². The predicted octanol–water partition coefficient (Wildman–Crippen LogP) is 9.09. The number of methoxy groups -OCH3 is 1. The summed E-state index contributed by atoms with van der Waals surface area (Å²) in [6, 6.07) is 51.1. The molecular formula is C51H57N3O7Si. The number of benzene rings is 5. The van der Waals surface area contributed by atoms with Crippen molar-refractivity contribution in [3.05, 3.63) is 185 Å². The fourth-order valence-electron chi connectivity index (χ4n) is 8.54. The summed E-state index contributed by atoms with van der Waals surface area (Å²) in [7, 11) is -1.33. The Labute approximate surface area is 366 Å². The Morgan fingerprint density at radius 2 is 1.24 bits per heavy atom. The summed E-state index contributed by atoms with van der Waals surface area (Å²) in [5.74, 6) is 0.581. The van der Waals surface area contributed by atoms with E-state index in [-0.39, 0.29) is 30.0 Å². The van der Waals surface area contributed by atoms with Crippen LogP contribution in [0.5, 0.6) is 5.75 Å². The maximum absolute atomic E-state index is 13.8. The van der Waals surface area contributed by atoms with E-state index < -0.39 is 43.6 Å². The average Bonchev–Trinajstić information content (AvgIpc) is 3.67. The average molecular weight is 852 g/mol. The molecule has 1 N–H and O–H groups in total. The van der Waals surface area contributed by atoms with Gasteiger partial charge in [0.15, 0.2) is 0 Å². The van der Waals surface area contributed by atoms with Gasteiger partial charge in [0.2, 0.25) is 0 Å². The summed E-state index contributed by atoms with van der Waals surface area (Å²) >= 11 is 0. The number of hydrogen-bond donors (Lipinski definition) is 1. The van der Waals surface area contributed by atoms with Crippen LogP contribution in [0.1, 0.15) is 70.9 Å². The third-order valence-electron chi connectivity index (χ3n) is 11.4. The topological polar surface area (TPSA) is 110 Å². The molecule has 62 heavy (non-hydrogen) atoms. The Kier molecular flexibility index (Phi) is 13.3. The van der Waals surface area contributed by atoms with Gasteiger partial charge in [0.05, 0.1) is 26.4 Å². The highest BCUT2D eigenvalue weighted by Crippen LogP contribution is 2.44. The number of amides is 1. The molecule has 1 amide bonds. The molecule has 6 aromatic rings. The van der Waals surface area contributed by atoms with Crippen LogP contribution in [0.3, 0.4) is 0 Å². The number of hydrogen-bond acceptors (Lipinski definition) is 8. The lowest BCUT2D eigenvalue weighted by Crippen LogP contribution is -2.67. The van der Waals surface area contributed by atoms with Crippen LogP contribution in [0.25, 0.3) is 0 Å². The van der Waals surface area contributed by atoms with Crippen molar-refractivity contribution in [2.45, 2.75) is 76.5 Å². The molecule has 1 aliphatic heterocycles. The fourth-order valence-corrected chi connectivity index (χ4v) is 13.1. The van der Waals surface area contributed by atoms with Crippen molar-refractivity contribution < 1.29 is 28.2 Å². The van der Waals surface area contributed by atoms with E-state index in [1.54, 1.807) is 40.1 Å². The molecule has 1 saturated heterocycles. The molecule has 10 nitrogen and oxygen atoms in total. The lowest BCUT2D eigenvalue weighted by molar-refractivity contribution is -0.0537. The molecule has 0 bridgehead atoms. The zero-order chi connectivity index (χ0) is 44.0. The summed E-state index contributed by atoms with van der Waals surface area (Å²) in [5.41, 5.74) is 0.535. The van der Waals surface area contributed by atoms with Crippen LogP contribution >= 0.6 is 0 Å². The van der Waals surface area contributed by atoms with Gasteiger partial charge in [0.25, 0.3) is 8.32 Å². The molecule has 0 radical (unpaired) electrons. The molecular weight excluding hydrogens is 795 g/mol. The molecule has 1 fully saturated rings. The minimum absolute atomic E-state index is 0.0833. The van der Waals surface area contributed by atoms with Crippen LogP contribution < -0.4 is 26.1 Å². The van der Waals surface area contributed by atoms with Crippen LogP contribution in [0.2, 0.25) is 5.04 Å². The first kappa shape index (κ1) is 44.2. The second kappa shape index (κ2) is 18.6. The zero-order valence-electron chi connectivity index (χ0n) is 36.6. The second-order valence-corrected chi connectivity index (χ2v) is 22.0. The Morgan fingerprint density at radius 3 is 1.73 bits per heavy atom. The van der Waals surface area contributed by atoms with Gasteiger partial charge in [-0.15, -0.1) is 0 Å². The molecule has 1 aliphatic rings. The smallest absolute Gasteiger partial charge is 0.413 e. The first-order valence-corrected chi connectivity index (χ1v) is 23.0. The fraction of sp³-hybridized carbons (Fsp3) is 0.314. The van der Waals surface area contributed by atoms with Crippen LogP contribution in [0.4, 0.5) is 10.6 Å². The van der Waals surface area contributed by atoms with E-state index in [2.05, 4.69) is 116 Å². The highest BCUT2D eigenvalue weighted by molar-refractivity contribution is 6.99. The van der Waals surface area contributed by atoms with E-state index >= 15 is 0 Å². The molecule has 0 spiro atoms. The molecule has 3 atom stereocenters. The summed E-state index contributed by atoms with van der Waals surface area (Å²) in [6.07, 6.45) is 0.140. The van der Waals surface area contributed by atoms with Crippen LogP contribution in [-0.4, -0.2) is 56.0 Å². The number of aromatic nitrogens is 2. The van der Waals surface area contributed by atoms with E-state index in [0.29, 0.717) is 6.42 Å². The minimum Gasteiger partial charge on any atom is -0.497 e. The van der Waals surface area contributed by atoms with Crippen molar-refractivity contribution >= 4 is 30.6 Å². The summed E-state index contributed by atoms with van der Waals surface area (Å²) in [6.45, 7) is 12.5. The minimum atomic E-state index is -2.99. The zero-order valence-corrected chi connectivity index (χ0v) is 37.6. The van der Waals surface area contributed by atoms with E-state index in [1.807, 2.05) is 60.7 Å². The Hall–Kier alpha value is -5.85.